The van der Waals surface area contributed by atoms with Crippen molar-refractivity contribution in [3.8, 4) is 0 Å². The fraction of sp³-hybridized carbons (Fsp3) is 0.417. The Labute approximate surface area is 110 Å². The Morgan fingerprint density at radius 3 is 2.81 bits per heavy atom. The molecule has 0 saturated heterocycles. The predicted molar refractivity (Wildman–Crippen MR) is 75.8 cm³/mol. The van der Waals surface area contributed by atoms with E-state index in [1.807, 2.05) is 37.0 Å². The van der Waals surface area contributed by atoms with Crippen LogP contribution >= 0.6 is 27.7 Å². The third-order valence-corrected chi connectivity index (χ3v) is 3.87. The van der Waals surface area contributed by atoms with Crippen molar-refractivity contribution in [2.24, 2.45) is 0 Å². The molecular weight excluding hydrogens is 286 g/mol. The highest BCUT2D eigenvalue weighted by molar-refractivity contribution is 9.10. The van der Waals surface area contributed by atoms with Crippen LogP contribution in [0.1, 0.15) is 17.3 Å². The summed E-state index contributed by atoms with van der Waals surface area (Å²) in [5.74, 6) is 1.05. The van der Waals surface area contributed by atoms with Gasteiger partial charge in [-0.3, -0.25) is 4.79 Å². The SMILES string of the molecule is CSCC(C)N(C)c1ccc(Br)cc1C=O. The van der Waals surface area contributed by atoms with Crippen molar-refractivity contribution < 1.29 is 4.79 Å². The van der Waals surface area contributed by atoms with Crippen molar-refractivity contribution in [2.45, 2.75) is 13.0 Å². The zero-order valence-corrected chi connectivity index (χ0v) is 12.1. The molecule has 1 unspecified atom stereocenters. The number of halogens is 1. The van der Waals surface area contributed by atoms with E-state index in [-0.39, 0.29) is 0 Å². The van der Waals surface area contributed by atoms with Crippen molar-refractivity contribution >= 4 is 39.7 Å². The second kappa shape index (κ2) is 6.30. The Balaban J connectivity index is 2.98. The number of hydrogen-bond donors (Lipinski definition) is 0. The lowest BCUT2D eigenvalue weighted by atomic mass is 10.1. The van der Waals surface area contributed by atoms with E-state index in [0.29, 0.717) is 6.04 Å². The first-order chi connectivity index (χ1) is 7.60. The van der Waals surface area contributed by atoms with E-state index in [9.17, 15) is 4.79 Å². The first-order valence-electron chi connectivity index (χ1n) is 5.06. The summed E-state index contributed by atoms with van der Waals surface area (Å²) < 4.78 is 0.935. The first-order valence-corrected chi connectivity index (χ1v) is 7.25. The number of benzene rings is 1. The zero-order chi connectivity index (χ0) is 12.1. The van der Waals surface area contributed by atoms with E-state index < -0.39 is 0 Å². The molecule has 1 aromatic carbocycles. The van der Waals surface area contributed by atoms with Gasteiger partial charge in [0.05, 0.1) is 0 Å². The molecule has 0 radical (unpaired) electrons. The number of rotatable bonds is 5. The van der Waals surface area contributed by atoms with Gasteiger partial charge < -0.3 is 4.90 Å². The van der Waals surface area contributed by atoms with Crippen LogP contribution in [-0.2, 0) is 0 Å². The standard InChI is InChI=1S/C12H16BrNOS/c1-9(8-16-3)14(2)12-5-4-11(13)6-10(12)7-15/h4-7,9H,8H2,1-3H3. The Bertz CT molecular complexity index is 370. The molecule has 0 aliphatic carbocycles. The van der Waals surface area contributed by atoms with Crippen LogP contribution in [0.3, 0.4) is 0 Å². The fourth-order valence-electron chi connectivity index (χ4n) is 1.53. The molecule has 0 aliphatic heterocycles. The summed E-state index contributed by atoms with van der Waals surface area (Å²) in [7, 11) is 2.02. The Hall–Kier alpha value is -0.480. The molecule has 1 aromatic rings. The van der Waals surface area contributed by atoms with Crippen LogP contribution < -0.4 is 4.90 Å². The molecule has 88 valence electrons. The number of anilines is 1. The highest BCUT2D eigenvalue weighted by Crippen LogP contribution is 2.24. The monoisotopic (exact) mass is 301 g/mol. The van der Waals surface area contributed by atoms with E-state index in [4.69, 9.17) is 0 Å². The second-order valence-electron chi connectivity index (χ2n) is 3.74. The van der Waals surface area contributed by atoms with Crippen LogP contribution in [0.5, 0.6) is 0 Å². The second-order valence-corrected chi connectivity index (χ2v) is 5.56. The van der Waals surface area contributed by atoms with Crippen LogP contribution in [0, 0.1) is 0 Å². The molecule has 1 atom stereocenters. The minimum absolute atomic E-state index is 0.412. The van der Waals surface area contributed by atoms with Crippen molar-refractivity contribution in [1.29, 1.82) is 0 Å². The highest BCUT2D eigenvalue weighted by atomic mass is 79.9. The molecule has 4 heteroatoms. The van der Waals surface area contributed by atoms with E-state index in [1.54, 1.807) is 0 Å². The van der Waals surface area contributed by atoms with Crippen molar-refractivity contribution in [1.82, 2.24) is 0 Å². The molecule has 0 amide bonds. The normalized spacial score (nSPS) is 12.2. The highest BCUT2D eigenvalue weighted by Gasteiger charge is 2.13. The van der Waals surface area contributed by atoms with Gasteiger partial charge in [-0.15, -0.1) is 0 Å². The van der Waals surface area contributed by atoms with E-state index in [1.165, 1.54) is 0 Å². The van der Waals surface area contributed by atoms with Gasteiger partial charge in [0.25, 0.3) is 0 Å². The molecular formula is C12H16BrNOS. The molecule has 16 heavy (non-hydrogen) atoms. The summed E-state index contributed by atoms with van der Waals surface area (Å²) in [5.41, 5.74) is 1.71. The summed E-state index contributed by atoms with van der Waals surface area (Å²) in [5, 5.41) is 0. The molecule has 0 heterocycles. The number of carbonyl (C=O) groups excluding carboxylic acids is 1. The van der Waals surface area contributed by atoms with Crippen LogP contribution in [0.25, 0.3) is 0 Å². The van der Waals surface area contributed by atoms with Crippen LogP contribution in [0.2, 0.25) is 0 Å². The van der Waals surface area contributed by atoms with Crippen molar-refractivity contribution in [3.05, 3.63) is 28.2 Å². The smallest absolute Gasteiger partial charge is 0.152 e. The summed E-state index contributed by atoms with van der Waals surface area (Å²) in [6.45, 7) is 2.16. The van der Waals surface area contributed by atoms with Gasteiger partial charge in [-0.1, -0.05) is 15.9 Å². The Kier molecular flexibility index (Phi) is 5.35. The first kappa shape index (κ1) is 13.6. The van der Waals surface area contributed by atoms with E-state index in [2.05, 4.69) is 34.0 Å². The molecule has 0 aliphatic rings. The van der Waals surface area contributed by atoms with Gasteiger partial charge >= 0.3 is 0 Å². The third kappa shape index (κ3) is 3.25. The van der Waals surface area contributed by atoms with Gasteiger partial charge in [0, 0.05) is 34.6 Å². The number of thioether (sulfide) groups is 1. The van der Waals surface area contributed by atoms with Gasteiger partial charge in [-0.05, 0) is 31.4 Å². The molecule has 0 aromatic heterocycles. The van der Waals surface area contributed by atoms with Crippen LogP contribution in [-0.4, -0.2) is 31.4 Å². The van der Waals surface area contributed by atoms with Gasteiger partial charge in [-0.25, -0.2) is 0 Å². The summed E-state index contributed by atoms with van der Waals surface area (Å²) in [4.78, 5) is 13.2. The Morgan fingerprint density at radius 2 is 2.25 bits per heavy atom. The lowest BCUT2D eigenvalue weighted by Gasteiger charge is -2.27. The maximum Gasteiger partial charge on any atom is 0.152 e. The molecule has 0 spiro atoms. The topological polar surface area (TPSA) is 20.3 Å². The zero-order valence-electron chi connectivity index (χ0n) is 9.74. The van der Waals surface area contributed by atoms with Gasteiger partial charge in [0.1, 0.15) is 0 Å². The molecule has 0 bridgehead atoms. The van der Waals surface area contributed by atoms with Gasteiger partial charge in [0.15, 0.2) is 6.29 Å². The maximum atomic E-state index is 11.0. The number of nitrogens with zero attached hydrogens (tertiary/aromatic N) is 1. The van der Waals surface area contributed by atoms with E-state index >= 15 is 0 Å². The number of carbonyl (C=O) groups is 1. The third-order valence-electron chi connectivity index (χ3n) is 2.57. The molecule has 0 N–H and O–H groups in total. The molecule has 1 rings (SSSR count). The average molecular weight is 302 g/mol. The van der Waals surface area contributed by atoms with Crippen LogP contribution in [0.4, 0.5) is 5.69 Å². The molecule has 0 saturated carbocycles. The minimum Gasteiger partial charge on any atom is -0.370 e. The molecule has 0 fully saturated rings. The average Bonchev–Trinajstić information content (AvgIpc) is 2.28. The lowest BCUT2D eigenvalue weighted by Crippen LogP contribution is -2.31. The predicted octanol–water partition coefficient (Wildman–Crippen LogP) is 3.45. The molecule has 2 nitrogen and oxygen atoms in total. The van der Waals surface area contributed by atoms with Crippen molar-refractivity contribution in [2.75, 3.05) is 24.0 Å². The van der Waals surface area contributed by atoms with Gasteiger partial charge in [-0.2, -0.15) is 11.8 Å². The quantitative estimate of drug-likeness (QED) is 0.777. The maximum absolute atomic E-state index is 11.0. The summed E-state index contributed by atoms with van der Waals surface area (Å²) in [6.07, 6.45) is 2.99. The summed E-state index contributed by atoms with van der Waals surface area (Å²) >= 11 is 5.18. The minimum atomic E-state index is 0.412. The van der Waals surface area contributed by atoms with Crippen molar-refractivity contribution in [3.63, 3.8) is 0 Å². The largest absolute Gasteiger partial charge is 0.370 e. The van der Waals surface area contributed by atoms with Gasteiger partial charge in [0.2, 0.25) is 0 Å². The number of hydrogen-bond acceptors (Lipinski definition) is 3. The lowest BCUT2D eigenvalue weighted by molar-refractivity contribution is 0.112. The Morgan fingerprint density at radius 1 is 1.56 bits per heavy atom. The van der Waals surface area contributed by atoms with Crippen LogP contribution in [0.15, 0.2) is 22.7 Å². The fourth-order valence-corrected chi connectivity index (χ4v) is 2.62. The number of aldehydes is 1. The van der Waals surface area contributed by atoms with E-state index in [0.717, 1.165) is 27.8 Å². The summed E-state index contributed by atoms with van der Waals surface area (Å²) in [6, 6.07) is 6.20.